The second-order valence-electron chi connectivity index (χ2n) is 7.78. The first-order valence-corrected chi connectivity index (χ1v) is 9.78. The average molecular weight is 432 g/mol. The molecule has 0 aliphatic rings. The van der Waals surface area contributed by atoms with Crippen molar-refractivity contribution in [3.8, 4) is 0 Å². The Morgan fingerprint density at radius 3 is 2.43 bits per heavy atom. The summed E-state index contributed by atoms with van der Waals surface area (Å²) in [6, 6.07) is 13.6. The number of ether oxygens (including phenoxy) is 1. The van der Waals surface area contributed by atoms with Crippen molar-refractivity contribution in [2.24, 2.45) is 0 Å². The molecule has 0 atom stereocenters. The van der Waals surface area contributed by atoms with Crippen molar-refractivity contribution < 1.29 is 19.1 Å². The van der Waals surface area contributed by atoms with Crippen LogP contribution < -0.4 is 10.6 Å². The summed E-state index contributed by atoms with van der Waals surface area (Å²) < 4.78 is 5.33. The zero-order valence-electron chi connectivity index (χ0n) is 17.5. The van der Waals surface area contributed by atoms with Crippen molar-refractivity contribution in [1.29, 1.82) is 0 Å². The molecule has 0 spiro atoms. The van der Waals surface area contributed by atoms with Crippen LogP contribution in [0.1, 0.15) is 36.7 Å². The monoisotopic (exact) mass is 431 g/mol. The van der Waals surface area contributed by atoms with Gasteiger partial charge in [-0.3, -0.25) is 9.59 Å². The number of amides is 3. The number of anilines is 1. The molecule has 0 bridgehead atoms. The highest BCUT2D eigenvalue weighted by atomic mass is 35.5. The van der Waals surface area contributed by atoms with Gasteiger partial charge in [-0.05, 0) is 56.7 Å². The molecule has 0 saturated heterocycles. The molecule has 2 aromatic rings. The smallest absolute Gasteiger partial charge is 0.410 e. The fourth-order valence-electron chi connectivity index (χ4n) is 2.52. The van der Waals surface area contributed by atoms with Gasteiger partial charge in [-0.1, -0.05) is 29.8 Å². The Hall–Kier alpha value is -3.06. The fraction of sp³-hybridized carbons (Fsp3) is 0.318. The molecule has 2 rings (SSSR count). The normalized spacial score (nSPS) is 10.8. The van der Waals surface area contributed by atoms with Crippen LogP contribution >= 0.6 is 11.6 Å². The second-order valence-corrected chi connectivity index (χ2v) is 8.21. The van der Waals surface area contributed by atoms with Crippen LogP contribution in [0.2, 0.25) is 5.02 Å². The number of carbonyl (C=O) groups excluding carboxylic acids is 3. The van der Waals surface area contributed by atoms with Crippen molar-refractivity contribution in [2.45, 2.75) is 32.9 Å². The van der Waals surface area contributed by atoms with Gasteiger partial charge >= 0.3 is 6.09 Å². The molecular weight excluding hydrogens is 406 g/mol. The Kier molecular flexibility index (Phi) is 7.83. The molecule has 2 aromatic carbocycles. The average Bonchev–Trinajstić information content (AvgIpc) is 2.65. The predicted octanol–water partition coefficient (Wildman–Crippen LogP) is 4.08. The molecule has 160 valence electrons. The van der Waals surface area contributed by atoms with Crippen molar-refractivity contribution in [1.82, 2.24) is 10.2 Å². The van der Waals surface area contributed by atoms with E-state index >= 15 is 0 Å². The van der Waals surface area contributed by atoms with Gasteiger partial charge in [-0.2, -0.15) is 0 Å². The van der Waals surface area contributed by atoms with E-state index in [4.69, 9.17) is 16.3 Å². The van der Waals surface area contributed by atoms with Crippen LogP contribution in [0, 0.1) is 0 Å². The second kappa shape index (κ2) is 10.1. The number of hydrogen-bond donors (Lipinski definition) is 2. The van der Waals surface area contributed by atoms with Crippen LogP contribution in [-0.4, -0.2) is 42.0 Å². The summed E-state index contributed by atoms with van der Waals surface area (Å²) >= 11 is 5.87. The topological polar surface area (TPSA) is 87.7 Å². The Morgan fingerprint density at radius 1 is 1.07 bits per heavy atom. The lowest BCUT2D eigenvalue weighted by molar-refractivity contribution is -0.115. The molecule has 0 aliphatic heterocycles. The minimum Gasteiger partial charge on any atom is -0.444 e. The molecule has 8 heteroatoms. The Morgan fingerprint density at radius 2 is 1.77 bits per heavy atom. The quantitative estimate of drug-likeness (QED) is 0.721. The molecular formula is C22H26ClN3O4. The molecule has 0 aliphatic carbocycles. The fourth-order valence-corrected chi connectivity index (χ4v) is 2.71. The van der Waals surface area contributed by atoms with Gasteiger partial charge in [0.1, 0.15) is 5.60 Å². The standard InChI is InChI=1S/C22H26ClN3O4/c1-22(2,3)30-21(29)26(4)14-15-7-5-10-18(11-15)25-19(27)13-24-20(28)16-8-6-9-17(23)12-16/h5-12H,13-14H2,1-4H3,(H,24,28)(H,25,27). The maximum absolute atomic E-state index is 12.2. The Labute approximate surface area is 181 Å². The summed E-state index contributed by atoms with van der Waals surface area (Å²) in [5.74, 6) is -0.761. The number of carbonyl (C=O) groups is 3. The summed E-state index contributed by atoms with van der Waals surface area (Å²) in [6.07, 6.45) is -0.430. The lowest BCUT2D eigenvalue weighted by atomic mass is 10.2. The van der Waals surface area contributed by atoms with E-state index in [-0.39, 0.29) is 18.4 Å². The van der Waals surface area contributed by atoms with Crippen LogP contribution in [0.3, 0.4) is 0 Å². The van der Waals surface area contributed by atoms with E-state index in [0.717, 1.165) is 5.56 Å². The zero-order chi connectivity index (χ0) is 22.3. The molecule has 30 heavy (non-hydrogen) atoms. The van der Waals surface area contributed by atoms with E-state index in [1.165, 1.54) is 11.0 Å². The summed E-state index contributed by atoms with van der Waals surface area (Å²) in [6.45, 7) is 5.55. The molecule has 0 radical (unpaired) electrons. The molecule has 2 N–H and O–H groups in total. The summed E-state index contributed by atoms with van der Waals surface area (Å²) in [7, 11) is 1.64. The van der Waals surface area contributed by atoms with Gasteiger partial charge in [0.05, 0.1) is 6.54 Å². The number of benzene rings is 2. The zero-order valence-corrected chi connectivity index (χ0v) is 18.2. The van der Waals surface area contributed by atoms with E-state index in [1.54, 1.807) is 64.2 Å². The largest absolute Gasteiger partial charge is 0.444 e. The minimum absolute atomic E-state index is 0.187. The van der Waals surface area contributed by atoms with Crippen LogP contribution in [0.4, 0.5) is 10.5 Å². The first kappa shape index (κ1) is 23.2. The lowest BCUT2D eigenvalue weighted by Gasteiger charge is -2.24. The number of nitrogens with one attached hydrogen (secondary N) is 2. The molecule has 0 heterocycles. The highest BCUT2D eigenvalue weighted by Crippen LogP contribution is 2.15. The van der Waals surface area contributed by atoms with Gasteiger partial charge in [0.15, 0.2) is 0 Å². The number of rotatable bonds is 6. The van der Waals surface area contributed by atoms with E-state index in [9.17, 15) is 14.4 Å². The maximum Gasteiger partial charge on any atom is 0.410 e. The van der Waals surface area contributed by atoms with Gasteiger partial charge in [0.25, 0.3) is 5.91 Å². The number of nitrogens with zero attached hydrogens (tertiary/aromatic N) is 1. The third-order valence-electron chi connectivity index (χ3n) is 3.83. The molecule has 3 amide bonds. The molecule has 0 unspecified atom stereocenters. The van der Waals surface area contributed by atoms with E-state index in [1.807, 2.05) is 6.07 Å². The molecule has 0 saturated carbocycles. The first-order chi connectivity index (χ1) is 14.0. The van der Waals surface area contributed by atoms with Crippen LogP contribution in [-0.2, 0) is 16.1 Å². The predicted molar refractivity (Wildman–Crippen MR) is 117 cm³/mol. The summed E-state index contributed by atoms with van der Waals surface area (Å²) in [5.41, 5.74) is 1.19. The van der Waals surface area contributed by atoms with E-state index in [2.05, 4.69) is 10.6 Å². The first-order valence-electron chi connectivity index (χ1n) is 9.40. The number of hydrogen-bond acceptors (Lipinski definition) is 4. The van der Waals surface area contributed by atoms with Gasteiger partial charge in [0.2, 0.25) is 5.91 Å². The maximum atomic E-state index is 12.2. The van der Waals surface area contributed by atoms with Gasteiger partial charge < -0.3 is 20.3 Å². The van der Waals surface area contributed by atoms with Crippen molar-refractivity contribution >= 4 is 35.2 Å². The van der Waals surface area contributed by atoms with Crippen molar-refractivity contribution in [2.75, 3.05) is 18.9 Å². The molecule has 0 fully saturated rings. The highest BCUT2D eigenvalue weighted by molar-refractivity contribution is 6.31. The van der Waals surface area contributed by atoms with Gasteiger partial charge in [-0.15, -0.1) is 0 Å². The van der Waals surface area contributed by atoms with Crippen LogP contribution in [0.15, 0.2) is 48.5 Å². The highest BCUT2D eigenvalue weighted by Gasteiger charge is 2.19. The minimum atomic E-state index is -0.573. The summed E-state index contributed by atoms with van der Waals surface area (Å²) in [4.78, 5) is 37.8. The number of halogens is 1. The third kappa shape index (κ3) is 7.75. The van der Waals surface area contributed by atoms with Gasteiger partial charge in [-0.25, -0.2) is 4.79 Å². The SMILES string of the molecule is CN(Cc1cccc(NC(=O)CNC(=O)c2cccc(Cl)c2)c1)C(=O)OC(C)(C)C. The Balaban J connectivity index is 1.89. The van der Waals surface area contributed by atoms with Crippen molar-refractivity contribution in [3.05, 3.63) is 64.7 Å². The molecule has 0 aromatic heterocycles. The summed E-state index contributed by atoms with van der Waals surface area (Å²) in [5, 5.41) is 5.72. The Bertz CT molecular complexity index is 925. The van der Waals surface area contributed by atoms with E-state index in [0.29, 0.717) is 22.8 Å². The van der Waals surface area contributed by atoms with Crippen molar-refractivity contribution in [3.63, 3.8) is 0 Å². The van der Waals surface area contributed by atoms with Gasteiger partial charge in [0, 0.05) is 29.9 Å². The third-order valence-corrected chi connectivity index (χ3v) is 4.07. The lowest BCUT2D eigenvalue weighted by Crippen LogP contribution is -2.34. The van der Waals surface area contributed by atoms with E-state index < -0.39 is 11.7 Å². The molecule has 7 nitrogen and oxygen atoms in total. The van der Waals surface area contributed by atoms with Crippen LogP contribution in [0.25, 0.3) is 0 Å². The van der Waals surface area contributed by atoms with Crippen LogP contribution in [0.5, 0.6) is 0 Å².